The lowest BCUT2D eigenvalue weighted by Gasteiger charge is -2.06. The Morgan fingerprint density at radius 2 is 2.00 bits per heavy atom. The summed E-state index contributed by atoms with van der Waals surface area (Å²) in [5, 5.41) is 3.73. The summed E-state index contributed by atoms with van der Waals surface area (Å²) in [4.78, 5) is 11.4. The Kier molecular flexibility index (Phi) is 2.86. The number of hydrogen-bond donors (Lipinski definition) is 1. The van der Waals surface area contributed by atoms with Crippen LogP contribution in [-0.4, -0.2) is 9.78 Å². The monoisotopic (exact) mass is 237 g/mol. The van der Waals surface area contributed by atoms with Crippen molar-refractivity contribution in [3.05, 3.63) is 57.9 Å². The summed E-state index contributed by atoms with van der Waals surface area (Å²) in [5.74, 6) is -1.03. The van der Waals surface area contributed by atoms with Crippen LogP contribution in [0.1, 0.15) is 5.56 Å². The van der Waals surface area contributed by atoms with Gasteiger partial charge in [-0.3, -0.25) is 4.79 Å². The first-order valence-electron chi connectivity index (χ1n) is 4.84. The van der Waals surface area contributed by atoms with Crippen LogP contribution in [0.3, 0.4) is 0 Å². The van der Waals surface area contributed by atoms with Crippen molar-refractivity contribution < 1.29 is 8.78 Å². The topological polar surface area (TPSA) is 60.9 Å². The maximum Gasteiger partial charge on any atom is 0.267 e. The zero-order chi connectivity index (χ0) is 12.4. The van der Waals surface area contributed by atoms with Crippen LogP contribution in [0.15, 0.2) is 35.1 Å². The van der Waals surface area contributed by atoms with Crippen molar-refractivity contribution in [3.8, 4) is 0 Å². The number of rotatable bonds is 2. The summed E-state index contributed by atoms with van der Waals surface area (Å²) in [7, 11) is 0. The van der Waals surface area contributed by atoms with E-state index in [1.807, 2.05) is 0 Å². The van der Waals surface area contributed by atoms with Gasteiger partial charge in [0.05, 0.1) is 6.54 Å². The Labute approximate surface area is 95.3 Å². The van der Waals surface area contributed by atoms with Crippen LogP contribution in [0.5, 0.6) is 0 Å². The molecule has 0 aliphatic carbocycles. The van der Waals surface area contributed by atoms with E-state index in [0.717, 1.165) is 22.9 Å². The molecule has 0 radical (unpaired) electrons. The third-order valence-electron chi connectivity index (χ3n) is 2.22. The molecule has 88 valence electrons. The molecule has 0 atom stereocenters. The Hall–Kier alpha value is -2.24. The number of nitrogen functional groups attached to an aromatic ring is 1. The summed E-state index contributed by atoms with van der Waals surface area (Å²) in [6, 6.07) is 5.60. The highest BCUT2D eigenvalue weighted by molar-refractivity contribution is 5.24. The van der Waals surface area contributed by atoms with E-state index in [-0.39, 0.29) is 17.9 Å². The van der Waals surface area contributed by atoms with Crippen LogP contribution in [0.4, 0.5) is 14.6 Å². The summed E-state index contributed by atoms with van der Waals surface area (Å²) in [5.41, 5.74) is 5.03. The zero-order valence-corrected chi connectivity index (χ0v) is 8.73. The Balaban J connectivity index is 2.41. The molecule has 0 bridgehead atoms. The van der Waals surface area contributed by atoms with Crippen molar-refractivity contribution in [1.29, 1.82) is 0 Å². The molecule has 1 heterocycles. The van der Waals surface area contributed by atoms with Crippen LogP contribution >= 0.6 is 0 Å². The Morgan fingerprint density at radius 1 is 1.24 bits per heavy atom. The minimum Gasteiger partial charge on any atom is -0.382 e. The molecule has 2 aromatic rings. The molecule has 0 spiro atoms. The second-order valence-electron chi connectivity index (χ2n) is 3.49. The molecule has 1 aromatic heterocycles. The van der Waals surface area contributed by atoms with E-state index in [1.165, 1.54) is 12.1 Å². The molecule has 4 nitrogen and oxygen atoms in total. The number of halogens is 2. The van der Waals surface area contributed by atoms with Gasteiger partial charge in [0.25, 0.3) is 5.56 Å². The standard InChI is InChI=1S/C11H9F2N3O/c12-8-1-2-9(13)7(5-8)6-16-11(17)4-3-10(14)15-16/h1-5H,6H2,(H2,14,15). The van der Waals surface area contributed by atoms with Gasteiger partial charge in [-0.2, -0.15) is 5.10 Å². The zero-order valence-electron chi connectivity index (χ0n) is 8.73. The lowest BCUT2D eigenvalue weighted by molar-refractivity contribution is 0.558. The van der Waals surface area contributed by atoms with Crippen LogP contribution in [0.2, 0.25) is 0 Å². The average Bonchev–Trinajstić information content (AvgIpc) is 2.28. The molecule has 0 unspecified atom stereocenters. The van der Waals surface area contributed by atoms with Crippen molar-refractivity contribution >= 4 is 5.82 Å². The van der Waals surface area contributed by atoms with Gasteiger partial charge in [-0.25, -0.2) is 13.5 Å². The number of nitrogens with zero attached hydrogens (tertiary/aromatic N) is 2. The predicted molar refractivity (Wildman–Crippen MR) is 58.4 cm³/mol. The summed E-state index contributed by atoms with van der Waals surface area (Å²) in [6.45, 7) is -0.159. The molecule has 0 aliphatic rings. The van der Waals surface area contributed by atoms with Crippen LogP contribution < -0.4 is 11.3 Å². The fourth-order valence-corrected chi connectivity index (χ4v) is 1.40. The maximum absolute atomic E-state index is 13.3. The molecular weight excluding hydrogens is 228 g/mol. The second-order valence-corrected chi connectivity index (χ2v) is 3.49. The van der Waals surface area contributed by atoms with Gasteiger partial charge in [0.15, 0.2) is 0 Å². The molecule has 0 aliphatic heterocycles. The van der Waals surface area contributed by atoms with Crippen molar-refractivity contribution in [2.45, 2.75) is 6.54 Å². The molecule has 0 saturated heterocycles. The van der Waals surface area contributed by atoms with Crippen molar-refractivity contribution in [3.63, 3.8) is 0 Å². The number of hydrogen-bond acceptors (Lipinski definition) is 3. The Bertz CT molecular complexity index is 610. The van der Waals surface area contributed by atoms with Crippen LogP contribution in [-0.2, 0) is 6.54 Å². The van der Waals surface area contributed by atoms with E-state index in [0.29, 0.717) is 0 Å². The van der Waals surface area contributed by atoms with Gasteiger partial charge < -0.3 is 5.73 Å². The van der Waals surface area contributed by atoms with Gasteiger partial charge in [0.2, 0.25) is 0 Å². The largest absolute Gasteiger partial charge is 0.382 e. The van der Waals surface area contributed by atoms with Gasteiger partial charge in [-0.05, 0) is 24.3 Å². The van der Waals surface area contributed by atoms with Crippen molar-refractivity contribution in [2.24, 2.45) is 0 Å². The molecule has 2 N–H and O–H groups in total. The number of nitrogens with two attached hydrogens (primary N) is 1. The summed E-state index contributed by atoms with van der Waals surface area (Å²) < 4.78 is 27.3. The number of anilines is 1. The van der Waals surface area contributed by atoms with Gasteiger partial charge in [0, 0.05) is 11.6 Å². The van der Waals surface area contributed by atoms with E-state index in [9.17, 15) is 13.6 Å². The quantitative estimate of drug-likeness (QED) is 0.852. The normalized spacial score (nSPS) is 10.5. The average molecular weight is 237 g/mol. The van der Waals surface area contributed by atoms with E-state index in [4.69, 9.17) is 5.73 Å². The highest BCUT2D eigenvalue weighted by Gasteiger charge is 2.06. The molecule has 17 heavy (non-hydrogen) atoms. The molecule has 2 rings (SSSR count). The van der Waals surface area contributed by atoms with Gasteiger partial charge in [0.1, 0.15) is 17.5 Å². The first-order chi connectivity index (χ1) is 8.06. The highest BCUT2D eigenvalue weighted by atomic mass is 19.1. The first-order valence-corrected chi connectivity index (χ1v) is 4.84. The van der Waals surface area contributed by atoms with Gasteiger partial charge in [-0.15, -0.1) is 0 Å². The predicted octanol–water partition coefficient (Wildman–Crippen LogP) is 1.15. The Morgan fingerprint density at radius 3 is 2.76 bits per heavy atom. The lowest BCUT2D eigenvalue weighted by Crippen LogP contribution is -2.23. The first kappa shape index (κ1) is 11.3. The molecule has 0 fully saturated rings. The SMILES string of the molecule is Nc1ccc(=O)n(Cc2cc(F)ccc2F)n1. The summed E-state index contributed by atoms with van der Waals surface area (Å²) >= 11 is 0. The van der Waals surface area contributed by atoms with E-state index >= 15 is 0 Å². The molecule has 1 aromatic carbocycles. The smallest absolute Gasteiger partial charge is 0.267 e. The fraction of sp³-hybridized carbons (Fsp3) is 0.0909. The van der Waals surface area contributed by atoms with Crippen molar-refractivity contribution in [2.75, 3.05) is 5.73 Å². The fourth-order valence-electron chi connectivity index (χ4n) is 1.40. The van der Waals surface area contributed by atoms with E-state index in [2.05, 4.69) is 5.10 Å². The highest BCUT2D eigenvalue weighted by Crippen LogP contribution is 2.10. The van der Waals surface area contributed by atoms with E-state index < -0.39 is 17.2 Å². The third kappa shape index (κ3) is 2.47. The van der Waals surface area contributed by atoms with Gasteiger partial charge >= 0.3 is 0 Å². The maximum atomic E-state index is 13.3. The lowest BCUT2D eigenvalue weighted by atomic mass is 10.2. The van der Waals surface area contributed by atoms with Crippen LogP contribution in [0.25, 0.3) is 0 Å². The number of benzene rings is 1. The van der Waals surface area contributed by atoms with E-state index in [1.54, 1.807) is 0 Å². The molecular formula is C11H9F2N3O. The molecule has 0 amide bonds. The summed E-state index contributed by atoms with van der Waals surface area (Å²) in [6.07, 6.45) is 0. The third-order valence-corrected chi connectivity index (χ3v) is 2.22. The van der Waals surface area contributed by atoms with Gasteiger partial charge in [-0.1, -0.05) is 0 Å². The van der Waals surface area contributed by atoms with Crippen LogP contribution in [0, 0.1) is 11.6 Å². The number of aromatic nitrogens is 2. The second kappa shape index (κ2) is 4.32. The molecule has 6 heteroatoms. The minimum atomic E-state index is -0.595. The minimum absolute atomic E-state index is 0.0465. The van der Waals surface area contributed by atoms with Crippen molar-refractivity contribution in [1.82, 2.24) is 9.78 Å². The molecule has 0 saturated carbocycles.